The molecule has 1 atom stereocenters. The number of hydrogen-bond acceptors (Lipinski definition) is 3. The van der Waals surface area contributed by atoms with Gasteiger partial charge in [-0.15, -0.1) is 11.8 Å². The number of amides is 1. The fourth-order valence-electron chi connectivity index (χ4n) is 1.21. The topological polar surface area (TPSA) is 46.2 Å². The highest BCUT2D eigenvalue weighted by atomic mass is 32.2. The molecule has 0 bridgehead atoms. The molecule has 1 aliphatic carbocycles. The molecule has 0 heterocycles. The summed E-state index contributed by atoms with van der Waals surface area (Å²) in [6.07, 6.45) is 2.64. The van der Waals surface area contributed by atoms with Gasteiger partial charge in [-0.3, -0.25) is 9.59 Å². The van der Waals surface area contributed by atoms with E-state index >= 15 is 0 Å². The molecule has 3 nitrogen and oxygen atoms in total. The van der Waals surface area contributed by atoms with Crippen LogP contribution in [0.25, 0.3) is 0 Å². The first kappa shape index (κ1) is 9.58. The molecular weight excluding hydrogens is 174 g/mol. The third-order valence-corrected chi connectivity index (χ3v) is 3.27. The van der Waals surface area contributed by atoms with Crippen LogP contribution in [0, 0.1) is 0 Å². The van der Waals surface area contributed by atoms with Gasteiger partial charge in [-0.2, -0.15) is 0 Å². The molecule has 1 fully saturated rings. The van der Waals surface area contributed by atoms with Crippen molar-refractivity contribution in [3.8, 4) is 0 Å². The average molecular weight is 187 g/mol. The van der Waals surface area contributed by atoms with Gasteiger partial charge in [0, 0.05) is 13.5 Å². The number of carbonyl (C=O) groups excluding carboxylic acids is 2. The van der Waals surface area contributed by atoms with Crippen LogP contribution in [0.4, 0.5) is 0 Å². The zero-order valence-electron chi connectivity index (χ0n) is 7.13. The summed E-state index contributed by atoms with van der Waals surface area (Å²) in [7, 11) is 1.61. The maximum absolute atomic E-state index is 11.1. The SMILES string of the molecule is CNC(=O)CSC1CCCC1=O. The first-order chi connectivity index (χ1) is 5.74. The Bertz CT molecular complexity index is 193. The van der Waals surface area contributed by atoms with Gasteiger partial charge in [0.15, 0.2) is 0 Å². The monoisotopic (exact) mass is 187 g/mol. The Morgan fingerprint density at radius 2 is 2.50 bits per heavy atom. The molecule has 1 amide bonds. The summed E-state index contributed by atoms with van der Waals surface area (Å²) in [4.78, 5) is 22.0. The van der Waals surface area contributed by atoms with Gasteiger partial charge >= 0.3 is 0 Å². The molecule has 1 aliphatic rings. The van der Waals surface area contributed by atoms with E-state index in [0.29, 0.717) is 18.0 Å². The van der Waals surface area contributed by atoms with Crippen molar-refractivity contribution in [1.82, 2.24) is 5.32 Å². The smallest absolute Gasteiger partial charge is 0.229 e. The minimum Gasteiger partial charge on any atom is -0.358 e. The zero-order valence-corrected chi connectivity index (χ0v) is 7.95. The van der Waals surface area contributed by atoms with Crippen LogP contribution in [0.1, 0.15) is 19.3 Å². The Balaban J connectivity index is 2.22. The molecule has 1 rings (SSSR count). The van der Waals surface area contributed by atoms with E-state index in [0.717, 1.165) is 12.8 Å². The van der Waals surface area contributed by atoms with Crippen LogP contribution < -0.4 is 5.32 Å². The first-order valence-corrected chi connectivity index (χ1v) is 5.14. The molecule has 0 saturated heterocycles. The van der Waals surface area contributed by atoms with Crippen molar-refractivity contribution < 1.29 is 9.59 Å². The normalized spacial score (nSPS) is 22.8. The molecule has 1 unspecified atom stereocenters. The minimum absolute atomic E-state index is 0.000278. The molecule has 0 aromatic carbocycles. The lowest BCUT2D eigenvalue weighted by Gasteiger charge is -2.05. The van der Waals surface area contributed by atoms with Crippen molar-refractivity contribution in [2.24, 2.45) is 0 Å². The third-order valence-electron chi connectivity index (χ3n) is 1.94. The minimum atomic E-state index is -0.000278. The van der Waals surface area contributed by atoms with Crippen molar-refractivity contribution in [2.45, 2.75) is 24.5 Å². The molecule has 1 saturated carbocycles. The van der Waals surface area contributed by atoms with Crippen LogP contribution in [0.2, 0.25) is 0 Å². The lowest BCUT2D eigenvalue weighted by atomic mass is 10.3. The van der Waals surface area contributed by atoms with Gasteiger partial charge in [0.2, 0.25) is 5.91 Å². The van der Waals surface area contributed by atoms with Gasteiger partial charge in [-0.25, -0.2) is 0 Å². The third kappa shape index (κ3) is 2.52. The number of nitrogens with one attached hydrogen (secondary N) is 1. The van der Waals surface area contributed by atoms with E-state index in [4.69, 9.17) is 0 Å². The number of carbonyl (C=O) groups is 2. The molecule has 0 aliphatic heterocycles. The second-order valence-electron chi connectivity index (χ2n) is 2.83. The molecule has 68 valence electrons. The number of rotatable bonds is 3. The standard InChI is InChI=1S/C8H13NO2S/c1-9-8(11)5-12-7-4-2-3-6(7)10/h7H,2-5H2,1H3,(H,9,11). The predicted molar refractivity (Wildman–Crippen MR) is 49.2 cm³/mol. The molecule has 0 radical (unpaired) electrons. The van der Waals surface area contributed by atoms with Crippen LogP contribution in [-0.4, -0.2) is 29.7 Å². The lowest BCUT2D eigenvalue weighted by molar-refractivity contribution is -0.118. The average Bonchev–Trinajstić information content (AvgIpc) is 2.47. The highest BCUT2D eigenvalue weighted by molar-refractivity contribution is 8.01. The maximum atomic E-state index is 11.1. The van der Waals surface area contributed by atoms with Gasteiger partial charge in [-0.1, -0.05) is 0 Å². The summed E-state index contributed by atoms with van der Waals surface area (Å²) in [6.45, 7) is 0. The second kappa shape index (κ2) is 4.50. The molecule has 0 aromatic heterocycles. The van der Waals surface area contributed by atoms with Crippen molar-refractivity contribution in [2.75, 3.05) is 12.8 Å². The number of Topliss-reactive ketones (excluding diaryl/α,β-unsaturated/α-hetero) is 1. The van der Waals surface area contributed by atoms with Crippen LogP contribution in [0.15, 0.2) is 0 Å². The Morgan fingerprint density at radius 3 is 3.00 bits per heavy atom. The van der Waals surface area contributed by atoms with Crippen molar-refractivity contribution in [1.29, 1.82) is 0 Å². The maximum Gasteiger partial charge on any atom is 0.229 e. The summed E-state index contributed by atoms with van der Waals surface area (Å²) < 4.78 is 0. The van der Waals surface area contributed by atoms with E-state index in [9.17, 15) is 9.59 Å². The fourth-order valence-corrected chi connectivity index (χ4v) is 2.34. The van der Waals surface area contributed by atoms with Crippen molar-refractivity contribution in [3.05, 3.63) is 0 Å². The summed E-state index contributed by atoms with van der Waals surface area (Å²) >= 11 is 1.46. The molecule has 0 aromatic rings. The number of thioether (sulfide) groups is 1. The van der Waals surface area contributed by atoms with Crippen LogP contribution in [0.3, 0.4) is 0 Å². The lowest BCUT2D eigenvalue weighted by Crippen LogP contribution is -2.22. The molecule has 0 spiro atoms. The van der Waals surface area contributed by atoms with E-state index in [-0.39, 0.29) is 11.2 Å². The Hall–Kier alpha value is -0.510. The molecule has 1 N–H and O–H groups in total. The summed E-state index contributed by atoms with van der Waals surface area (Å²) in [6, 6.07) is 0. The molecular formula is C8H13NO2S. The molecule has 12 heavy (non-hydrogen) atoms. The van der Waals surface area contributed by atoms with Crippen LogP contribution in [0.5, 0.6) is 0 Å². The summed E-state index contributed by atoms with van der Waals surface area (Å²) in [5, 5.41) is 2.62. The summed E-state index contributed by atoms with van der Waals surface area (Å²) in [5.74, 6) is 0.719. The van der Waals surface area contributed by atoms with E-state index in [1.54, 1.807) is 7.05 Å². The number of ketones is 1. The quantitative estimate of drug-likeness (QED) is 0.703. The zero-order chi connectivity index (χ0) is 8.97. The van der Waals surface area contributed by atoms with Gasteiger partial charge in [0.05, 0.1) is 11.0 Å². The van der Waals surface area contributed by atoms with Crippen LogP contribution >= 0.6 is 11.8 Å². The van der Waals surface area contributed by atoms with E-state index in [2.05, 4.69) is 5.32 Å². The van der Waals surface area contributed by atoms with Crippen molar-refractivity contribution in [3.63, 3.8) is 0 Å². The van der Waals surface area contributed by atoms with E-state index in [1.807, 2.05) is 0 Å². The first-order valence-electron chi connectivity index (χ1n) is 4.09. The second-order valence-corrected chi connectivity index (χ2v) is 4.02. The Morgan fingerprint density at radius 1 is 1.75 bits per heavy atom. The van der Waals surface area contributed by atoms with Gasteiger partial charge in [0.1, 0.15) is 5.78 Å². The van der Waals surface area contributed by atoms with Crippen molar-refractivity contribution >= 4 is 23.5 Å². The summed E-state index contributed by atoms with van der Waals surface area (Å²) in [5.41, 5.74) is 0. The predicted octanol–water partition coefficient (Wildman–Crippen LogP) is 0.587. The van der Waals surface area contributed by atoms with Crippen LogP contribution in [-0.2, 0) is 9.59 Å². The highest BCUT2D eigenvalue weighted by Crippen LogP contribution is 2.26. The molecule has 4 heteroatoms. The van der Waals surface area contributed by atoms with E-state index in [1.165, 1.54) is 11.8 Å². The number of hydrogen-bond donors (Lipinski definition) is 1. The Labute approximate surface area is 76.3 Å². The van der Waals surface area contributed by atoms with E-state index < -0.39 is 0 Å². The largest absolute Gasteiger partial charge is 0.358 e. The van der Waals surface area contributed by atoms with Gasteiger partial charge in [-0.05, 0) is 12.8 Å². The fraction of sp³-hybridized carbons (Fsp3) is 0.750. The van der Waals surface area contributed by atoms with Gasteiger partial charge < -0.3 is 5.32 Å². The highest BCUT2D eigenvalue weighted by Gasteiger charge is 2.24. The Kier molecular flexibility index (Phi) is 3.59. The van der Waals surface area contributed by atoms with Gasteiger partial charge in [0.25, 0.3) is 0 Å².